The lowest BCUT2D eigenvalue weighted by Crippen LogP contribution is -2.27. The first-order chi connectivity index (χ1) is 12.3. The van der Waals surface area contributed by atoms with Crippen LogP contribution >= 0.6 is 0 Å². The highest BCUT2D eigenvalue weighted by Gasteiger charge is 2.19. The van der Waals surface area contributed by atoms with Gasteiger partial charge in [0.15, 0.2) is 0 Å². The average Bonchev–Trinajstić information content (AvgIpc) is 2.84. The van der Waals surface area contributed by atoms with Crippen LogP contribution in [0.1, 0.15) is 26.3 Å². The van der Waals surface area contributed by atoms with Crippen LogP contribution in [0.5, 0.6) is 5.75 Å². The summed E-state index contributed by atoms with van der Waals surface area (Å²) in [5.74, 6) is 0.641. The van der Waals surface area contributed by atoms with Crippen LogP contribution in [0.15, 0.2) is 41.2 Å². The van der Waals surface area contributed by atoms with Crippen LogP contribution in [-0.4, -0.2) is 16.2 Å². The van der Waals surface area contributed by atoms with E-state index in [1.807, 2.05) is 28.8 Å². The fourth-order valence-electron chi connectivity index (χ4n) is 3.28. The number of aryl methyl sites for hydroxylation is 1. The van der Waals surface area contributed by atoms with Gasteiger partial charge in [-0.2, -0.15) is 5.26 Å². The second kappa shape index (κ2) is 6.38. The first-order valence-corrected chi connectivity index (χ1v) is 8.53. The van der Waals surface area contributed by atoms with Crippen LogP contribution in [-0.2, 0) is 13.6 Å². The van der Waals surface area contributed by atoms with Crippen molar-refractivity contribution in [3.63, 3.8) is 0 Å². The molecule has 5 nitrogen and oxygen atoms in total. The van der Waals surface area contributed by atoms with Gasteiger partial charge in [-0.15, -0.1) is 0 Å². The number of methoxy groups -OCH3 is 1. The molecule has 3 aromatic rings. The van der Waals surface area contributed by atoms with Gasteiger partial charge in [-0.25, -0.2) is 4.79 Å². The van der Waals surface area contributed by atoms with Crippen LogP contribution in [0.4, 0.5) is 0 Å². The number of benzene rings is 2. The zero-order chi connectivity index (χ0) is 19.1. The number of hydrogen-bond donors (Lipinski definition) is 0. The van der Waals surface area contributed by atoms with E-state index in [9.17, 15) is 10.1 Å². The third-order valence-electron chi connectivity index (χ3n) is 4.43. The topological polar surface area (TPSA) is 59.9 Å². The Morgan fingerprint density at radius 1 is 1.15 bits per heavy atom. The van der Waals surface area contributed by atoms with Gasteiger partial charge in [-0.05, 0) is 35.2 Å². The van der Waals surface area contributed by atoms with Crippen LogP contribution < -0.4 is 10.4 Å². The molecule has 0 aliphatic heterocycles. The molecule has 0 bridgehead atoms. The number of rotatable bonds is 3. The molecule has 1 aromatic heterocycles. The molecule has 0 atom stereocenters. The largest absolute Gasteiger partial charge is 0.496 e. The van der Waals surface area contributed by atoms with E-state index in [2.05, 4.69) is 26.8 Å². The number of imidazole rings is 1. The Morgan fingerprint density at radius 2 is 1.88 bits per heavy atom. The van der Waals surface area contributed by atoms with E-state index >= 15 is 0 Å². The normalized spacial score (nSPS) is 11.5. The number of ether oxygens (including phenoxy) is 1. The quantitative estimate of drug-likeness (QED) is 0.720. The summed E-state index contributed by atoms with van der Waals surface area (Å²) in [5.41, 5.74) is 3.84. The van der Waals surface area contributed by atoms with Crippen molar-refractivity contribution in [2.45, 2.75) is 27.3 Å². The van der Waals surface area contributed by atoms with Gasteiger partial charge >= 0.3 is 5.69 Å². The second-order valence-electron chi connectivity index (χ2n) is 7.69. The van der Waals surface area contributed by atoms with E-state index < -0.39 is 0 Å². The number of nitrogens with zero attached hydrogens (tertiary/aromatic N) is 3. The SMILES string of the molecule is COc1cccc(C#N)c1-c1ccc2c(c1)n(C)c(=O)n2CC(C)(C)C. The van der Waals surface area contributed by atoms with Crippen LogP contribution in [0.25, 0.3) is 22.2 Å². The van der Waals surface area contributed by atoms with Crippen LogP contribution in [0, 0.1) is 16.7 Å². The molecule has 5 heteroatoms. The Kier molecular flexibility index (Phi) is 4.37. The first-order valence-electron chi connectivity index (χ1n) is 8.53. The molecule has 0 saturated heterocycles. The van der Waals surface area contributed by atoms with E-state index in [4.69, 9.17) is 4.74 Å². The zero-order valence-corrected chi connectivity index (χ0v) is 15.8. The minimum atomic E-state index is -0.0346. The van der Waals surface area contributed by atoms with Crippen molar-refractivity contribution in [1.82, 2.24) is 9.13 Å². The zero-order valence-electron chi connectivity index (χ0n) is 15.8. The van der Waals surface area contributed by atoms with Gasteiger partial charge in [0.2, 0.25) is 0 Å². The van der Waals surface area contributed by atoms with Crippen molar-refractivity contribution in [3.8, 4) is 22.9 Å². The monoisotopic (exact) mass is 349 g/mol. The highest BCUT2D eigenvalue weighted by Crippen LogP contribution is 2.34. The Bertz CT molecular complexity index is 1080. The molecule has 0 aliphatic rings. The van der Waals surface area contributed by atoms with Gasteiger partial charge in [0.25, 0.3) is 0 Å². The van der Waals surface area contributed by atoms with Gasteiger partial charge in [-0.1, -0.05) is 32.9 Å². The third kappa shape index (κ3) is 2.99. The van der Waals surface area contributed by atoms with Gasteiger partial charge in [0.05, 0.1) is 29.8 Å². The van der Waals surface area contributed by atoms with E-state index in [0.717, 1.165) is 22.2 Å². The maximum Gasteiger partial charge on any atom is 0.328 e. The Balaban J connectivity index is 2.27. The second-order valence-corrected chi connectivity index (χ2v) is 7.69. The minimum Gasteiger partial charge on any atom is -0.496 e. The molecule has 0 saturated carbocycles. The summed E-state index contributed by atoms with van der Waals surface area (Å²) in [4.78, 5) is 12.7. The lowest BCUT2D eigenvalue weighted by atomic mass is 9.96. The maximum absolute atomic E-state index is 12.7. The molecular formula is C21H23N3O2. The van der Waals surface area contributed by atoms with Gasteiger partial charge in [-0.3, -0.25) is 9.13 Å². The molecule has 1 heterocycles. The van der Waals surface area contributed by atoms with Crippen molar-refractivity contribution in [2.75, 3.05) is 7.11 Å². The Hall–Kier alpha value is -3.00. The molecule has 3 rings (SSSR count). The summed E-state index contributed by atoms with van der Waals surface area (Å²) in [7, 11) is 3.37. The molecular weight excluding hydrogens is 326 g/mol. The van der Waals surface area contributed by atoms with Gasteiger partial charge in [0.1, 0.15) is 5.75 Å². The summed E-state index contributed by atoms with van der Waals surface area (Å²) in [5, 5.41) is 9.48. The number of fused-ring (bicyclic) bond motifs is 1. The van der Waals surface area contributed by atoms with Crippen molar-refractivity contribution >= 4 is 11.0 Å². The summed E-state index contributed by atoms with van der Waals surface area (Å²) >= 11 is 0. The molecule has 0 fully saturated rings. The molecule has 0 aliphatic carbocycles. The molecule has 0 spiro atoms. The van der Waals surface area contributed by atoms with E-state index in [1.54, 1.807) is 30.9 Å². The fourth-order valence-corrected chi connectivity index (χ4v) is 3.28. The molecule has 2 aromatic carbocycles. The molecule has 0 N–H and O–H groups in total. The lowest BCUT2D eigenvalue weighted by Gasteiger charge is -2.18. The summed E-state index contributed by atoms with van der Waals surface area (Å²) in [6, 6.07) is 13.5. The summed E-state index contributed by atoms with van der Waals surface area (Å²) in [6.07, 6.45) is 0. The smallest absolute Gasteiger partial charge is 0.328 e. The molecule has 0 radical (unpaired) electrons. The lowest BCUT2D eigenvalue weighted by molar-refractivity contribution is 0.342. The van der Waals surface area contributed by atoms with Crippen LogP contribution in [0.3, 0.4) is 0 Å². The van der Waals surface area contributed by atoms with Crippen molar-refractivity contribution in [3.05, 3.63) is 52.4 Å². The van der Waals surface area contributed by atoms with Crippen molar-refractivity contribution in [2.24, 2.45) is 12.5 Å². The van der Waals surface area contributed by atoms with E-state index in [1.165, 1.54) is 0 Å². The van der Waals surface area contributed by atoms with Gasteiger partial charge < -0.3 is 4.74 Å². The average molecular weight is 349 g/mol. The Morgan fingerprint density at radius 3 is 2.50 bits per heavy atom. The Labute approximate surface area is 153 Å². The van der Waals surface area contributed by atoms with Crippen LogP contribution in [0.2, 0.25) is 0 Å². The summed E-state index contributed by atoms with van der Waals surface area (Å²) in [6.45, 7) is 6.97. The fraction of sp³-hybridized carbons (Fsp3) is 0.333. The number of aromatic nitrogens is 2. The first kappa shape index (κ1) is 17.8. The molecule has 0 unspecified atom stereocenters. The standard InChI is InChI=1S/C21H23N3O2/c1-21(2,3)13-24-16-10-9-14(11-17(16)23(4)20(24)25)19-15(12-22)7-6-8-18(19)26-5/h6-11H,13H2,1-5H3. The molecule has 0 amide bonds. The molecule has 134 valence electrons. The molecule has 26 heavy (non-hydrogen) atoms. The minimum absolute atomic E-state index is 0.00654. The highest BCUT2D eigenvalue weighted by atomic mass is 16.5. The van der Waals surface area contributed by atoms with E-state index in [0.29, 0.717) is 17.9 Å². The maximum atomic E-state index is 12.7. The predicted molar refractivity (Wildman–Crippen MR) is 103 cm³/mol. The van der Waals surface area contributed by atoms with E-state index in [-0.39, 0.29) is 11.1 Å². The van der Waals surface area contributed by atoms with Crippen molar-refractivity contribution in [1.29, 1.82) is 5.26 Å². The third-order valence-corrected chi connectivity index (χ3v) is 4.43. The predicted octanol–water partition coefficient (Wildman–Crippen LogP) is 3.93. The highest BCUT2D eigenvalue weighted by molar-refractivity contribution is 5.86. The van der Waals surface area contributed by atoms with Gasteiger partial charge in [0, 0.05) is 19.2 Å². The van der Waals surface area contributed by atoms with Crippen molar-refractivity contribution < 1.29 is 4.74 Å². The number of hydrogen-bond acceptors (Lipinski definition) is 3. The summed E-state index contributed by atoms with van der Waals surface area (Å²) < 4.78 is 8.93. The number of nitriles is 1.